The number of likely N-dealkylation sites (tertiary alicyclic amines) is 1. The topological polar surface area (TPSA) is 43.7 Å². The minimum Gasteiger partial charge on any atom is -0.393 e. The molecule has 2 aliphatic rings. The predicted octanol–water partition coefficient (Wildman–Crippen LogP) is 1.88. The third kappa shape index (κ3) is 3.06. The maximum atomic E-state index is 10.3. The zero-order valence-electron chi connectivity index (χ0n) is 12.1. The minimum absolute atomic E-state index is 0.0998. The van der Waals surface area contributed by atoms with Crippen LogP contribution in [0.2, 0.25) is 0 Å². The summed E-state index contributed by atoms with van der Waals surface area (Å²) in [7, 11) is 0. The summed E-state index contributed by atoms with van der Waals surface area (Å²) in [6.07, 6.45) is 4.19. The molecule has 0 aromatic rings. The number of nitrogens with zero attached hydrogens (tertiary/aromatic N) is 1. The smallest absolute Gasteiger partial charge is 0.0631 e. The minimum atomic E-state index is -0.164. The summed E-state index contributed by atoms with van der Waals surface area (Å²) < 4.78 is 0. The number of aliphatic hydroxyl groups excluding tert-OH is 2. The SMILES string of the molecule is CC(O)C1CCN(CC2CCC(C)(C)C2O)CC1. The summed E-state index contributed by atoms with van der Waals surface area (Å²) in [5, 5.41) is 19.9. The van der Waals surface area contributed by atoms with Crippen molar-refractivity contribution in [2.75, 3.05) is 19.6 Å². The van der Waals surface area contributed by atoms with Crippen LogP contribution in [-0.2, 0) is 0 Å². The van der Waals surface area contributed by atoms with E-state index in [0.717, 1.165) is 45.3 Å². The van der Waals surface area contributed by atoms with E-state index < -0.39 is 0 Å². The van der Waals surface area contributed by atoms with Crippen LogP contribution in [0, 0.1) is 17.3 Å². The monoisotopic (exact) mass is 255 g/mol. The molecular weight excluding hydrogens is 226 g/mol. The van der Waals surface area contributed by atoms with Crippen LogP contribution >= 0.6 is 0 Å². The summed E-state index contributed by atoms with van der Waals surface area (Å²) in [5.41, 5.74) is 0.0998. The third-order valence-electron chi connectivity index (χ3n) is 5.21. The van der Waals surface area contributed by atoms with Crippen molar-refractivity contribution in [3.05, 3.63) is 0 Å². The standard InChI is InChI=1S/C15H29NO2/c1-11(17)12-5-8-16(9-6-12)10-13-4-7-15(2,3)14(13)18/h11-14,17-18H,4-10H2,1-3H3. The second-order valence-corrected chi connectivity index (χ2v) is 7.11. The van der Waals surface area contributed by atoms with Crippen LogP contribution < -0.4 is 0 Å². The van der Waals surface area contributed by atoms with Crippen LogP contribution in [0.1, 0.15) is 46.5 Å². The number of aliphatic hydroxyl groups is 2. The van der Waals surface area contributed by atoms with Gasteiger partial charge in [-0.2, -0.15) is 0 Å². The molecule has 1 saturated heterocycles. The average molecular weight is 255 g/mol. The fraction of sp³-hybridized carbons (Fsp3) is 1.00. The fourth-order valence-electron chi connectivity index (χ4n) is 3.64. The van der Waals surface area contributed by atoms with E-state index in [1.165, 1.54) is 0 Å². The lowest BCUT2D eigenvalue weighted by atomic mass is 9.86. The molecule has 2 N–H and O–H groups in total. The second-order valence-electron chi connectivity index (χ2n) is 7.11. The molecule has 3 heteroatoms. The largest absolute Gasteiger partial charge is 0.393 e. The quantitative estimate of drug-likeness (QED) is 0.809. The molecule has 3 nitrogen and oxygen atoms in total. The van der Waals surface area contributed by atoms with Gasteiger partial charge >= 0.3 is 0 Å². The lowest BCUT2D eigenvalue weighted by molar-refractivity contribution is 0.0198. The van der Waals surface area contributed by atoms with Crippen LogP contribution in [0.15, 0.2) is 0 Å². The first-order valence-corrected chi connectivity index (χ1v) is 7.48. The van der Waals surface area contributed by atoms with Gasteiger partial charge in [-0.05, 0) is 62.9 Å². The van der Waals surface area contributed by atoms with Gasteiger partial charge in [0.25, 0.3) is 0 Å². The van der Waals surface area contributed by atoms with Gasteiger partial charge in [0.15, 0.2) is 0 Å². The predicted molar refractivity (Wildman–Crippen MR) is 73.4 cm³/mol. The first-order valence-electron chi connectivity index (χ1n) is 7.48. The van der Waals surface area contributed by atoms with Crippen molar-refractivity contribution in [3.8, 4) is 0 Å². The van der Waals surface area contributed by atoms with Gasteiger partial charge in [0.05, 0.1) is 12.2 Å². The first-order chi connectivity index (χ1) is 8.40. The van der Waals surface area contributed by atoms with Crippen molar-refractivity contribution < 1.29 is 10.2 Å². The maximum Gasteiger partial charge on any atom is 0.0631 e. The molecule has 2 rings (SSSR count). The van der Waals surface area contributed by atoms with Crippen LogP contribution in [0.3, 0.4) is 0 Å². The summed E-state index contributed by atoms with van der Waals surface area (Å²) in [5.74, 6) is 0.925. The van der Waals surface area contributed by atoms with Gasteiger partial charge in [0.2, 0.25) is 0 Å². The molecule has 106 valence electrons. The molecule has 18 heavy (non-hydrogen) atoms. The Balaban J connectivity index is 1.79. The van der Waals surface area contributed by atoms with E-state index in [1.54, 1.807) is 0 Å². The maximum absolute atomic E-state index is 10.3. The van der Waals surface area contributed by atoms with E-state index in [-0.39, 0.29) is 17.6 Å². The molecule has 0 spiro atoms. The van der Waals surface area contributed by atoms with E-state index in [0.29, 0.717) is 11.8 Å². The van der Waals surface area contributed by atoms with Crippen molar-refractivity contribution in [2.24, 2.45) is 17.3 Å². The zero-order chi connectivity index (χ0) is 13.3. The van der Waals surface area contributed by atoms with Crippen LogP contribution in [-0.4, -0.2) is 47.0 Å². The van der Waals surface area contributed by atoms with Crippen LogP contribution in [0.4, 0.5) is 0 Å². The highest BCUT2D eigenvalue weighted by Crippen LogP contribution is 2.41. The Bertz CT molecular complexity index is 270. The number of hydrogen-bond donors (Lipinski definition) is 2. The Labute approximate surface area is 111 Å². The molecule has 0 radical (unpaired) electrons. The Kier molecular flexibility index (Phi) is 4.35. The molecule has 1 aliphatic heterocycles. The Hall–Kier alpha value is -0.120. The van der Waals surface area contributed by atoms with Crippen molar-refractivity contribution in [1.29, 1.82) is 0 Å². The molecule has 0 amide bonds. The zero-order valence-corrected chi connectivity index (χ0v) is 12.1. The highest BCUT2D eigenvalue weighted by molar-refractivity contribution is 4.92. The third-order valence-corrected chi connectivity index (χ3v) is 5.21. The molecule has 1 heterocycles. The summed E-state index contributed by atoms with van der Waals surface area (Å²) in [6, 6.07) is 0. The van der Waals surface area contributed by atoms with Gasteiger partial charge in [-0.1, -0.05) is 13.8 Å². The summed E-state index contributed by atoms with van der Waals surface area (Å²) in [4.78, 5) is 2.48. The van der Waals surface area contributed by atoms with Gasteiger partial charge in [0, 0.05) is 6.54 Å². The summed E-state index contributed by atoms with van der Waals surface area (Å²) >= 11 is 0. The van der Waals surface area contributed by atoms with Gasteiger partial charge in [-0.15, -0.1) is 0 Å². The molecule has 0 aromatic heterocycles. The van der Waals surface area contributed by atoms with Crippen molar-refractivity contribution >= 4 is 0 Å². The van der Waals surface area contributed by atoms with Gasteiger partial charge in [0.1, 0.15) is 0 Å². The van der Waals surface area contributed by atoms with E-state index in [1.807, 2.05) is 6.92 Å². The number of rotatable bonds is 3. The Morgan fingerprint density at radius 1 is 1.22 bits per heavy atom. The normalized spacial score (nSPS) is 35.8. The van der Waals surface area contributed by atoms with Gasteiger partial charge in [-0.25, -0.2) is 0 Å². The number of piperidine rings is 1. The van der Waals surface area contributed by atoms with Crippen molar-refractivity contribution in [2.45, 2.75) is 58.7 Å². The van der Waals surface area contributed by atoms with Gasteiger partial charge < -0.3 is 15.1 Å². The number of hydrogen-bond acceptors (Lipinski definition) is 3. The van der Waals surface area contributed by atoms with Crippen molar-refractivity contribution in [1.82, 2.24) is 4.90 Å². The van der Waals surface area contributed by atoms with Gasteiger partial charge in [-0.3, -0.25) is 0 Å². The lowest BCUT2D eigenvalue weighted by Gasteiger charge is -2.36. The lowest BCUT2D eigenvalue weighted by Crippen LogP contribution is -2.42. The highest BCUT2D eigenvalue weighted by Gasteiger charge is 2.41. The van der Waals surface area contributed by atoms with Crippen LogP contribution in [0.5, 0.6) is 0 Å². The molecule has 1 aliphatic carbocycles. The van der Waals surface area contributed by atoms with E-state index in [2.05, 4.69) is 18.7 Å². The highest BCUT2D eigenvalue weighted by atomic mass is 16.3. The first kappa shape index (κ1) is 14.3. The van der Waals surface area contributed by atoms with Crippen molar-refractivity contribution in [3.63, 3.8) is 0 Å². The molecule has 0 bridgehead atoms. The molecular formula is C15H29NO2. The fourth-order valence-corrected chi connectivity index (χ4v) is 3.64. The van der Waals surface area contributed by atoms with E-state index in [4.69, 9.17) is 0 Å². The van der Waals surface area contributed by atoms with E-state index in [9.17, 15) is 10.2 Å². The Morgan fingerprint density at radius 2 is 1.83 bits per heavy atom. The average Bonchev–Trinajstić information content (AvgIpc) is 2.57. The molecule has 3 atom stereocenters. The second kappa shape index (κ2) is 5.48. The molecule has 0 aromatic carbocycles. The molecule has 3 unspecified atom stereocenters. The summed E-state index contributed by atoms with van der Waals surface area (Å²) in [6.45, 7) is 9.47. The molecule has 1 saturated carbocycles. The van der Waals surface area contributed by atoms with Crippen LogP contribution in [0.25, 0.3) is 0 Å². The Morgan fingerprint density at radius 3 is 2.28 bits per heavy atom. The van der Waals surface area contributed by atoms with E-state index >= 15 is 0 Å². The molecule has 2 fully saturated rings.